The Morgan fingerprint density at radius 1 is 1.09 bits per heavy atom. The Morgan fingerprint density at radius 2 is 1.85 bits per heavy atom. The molecule has 9 heteroatoms. The topological polar surface area (TPSA) is 98.8 Å². The fourth-order valence-electron chi connectivity index (χ4n) is 4.57. The van der Waals surface area contributed by atoms with Gasteiger partial charge in [-0.25, -0.2) is 4.79 Å². The van der Waals surface area contributed by atoms with E-state index < -0.39 is 6.03 Å². The summed E-state index contributed by atoms with van der Waals surface area (Å²) in [5.41, 5.74) is 0.489. The first-order valence-corrected chi connectivity index (χ1v) is 12.2. The predicted octanol–water partition coefficient (Wildman–Crippen LogP) is 3.80. The molecule has 2 atom stereocenters. The molecule has 1 aromatic carbocycles. The van der Waals surface area contributed by atoms with Gasteiger partial charge in [-0.2, -0.15) is 0 Å². The number of anilines is 1. The number of rotatable bonds is 10. The second-order valence-corrected chi connectivity index (χ2v) is 9.10. The molecule has 2 N–H and O–H groups in total. The van der Waals surface area contributed by atoms with Crippen LogP contribution in [0.15, 0.2) is 24.3 Å². The van der Waals surface area contributed by atoms with Gasteiger partial charge in [-0.05, 0) is 44.2 Å². The van der Waals surface area contributed by atoms with Gasteiger partial charge in [0.25, 0.3) is 0 Å². The molecule has 1 aliphatic carbocycles. The summed E-state index contributed by atoms with van der Waals surface area (Å²) in [5, 5.41) is 6.02. The van der Waals surface area contributed by atoms with E-state index in [1.807, 2.05) is 6.92 Å². The molecular formula is C24H33ClN4O4. The van der Waals surface area contributed by atoms with Crippen LogP contribution in [0, 0.1) is 5.92 Å². The maximum absolute atomic E-state index is 13.3. The second kappa shape index (κ2) is 12.0. The number of para-hydroxylation sites is 1. The minimum Gasteiger partial charge on any atom is -0.356 e. The van der Waals surface area contributed by atoms with Gasteiger partial charge in [0.05, 0.1) is 16.6 Å². The van der Waals surface area contributed by atoms with Crippen LogP contribution in [0.2, 0.25) is 5.02 Å². The zero-order valence-corrected chi connectivity index (χ0v) is 19.9. The molecule has 2 aliphatic rings. The van der Waals surface area contributed by atoms with E-state index in [-0.39, 0.29) is 42.8 Å². The molecular weight excluding hydrogens is 444 g/mol. The molecule has 2 unspecified atom stereocenters. The highest BCUT2D eigenvalue weighted by Crippen LogP contribution is 2.34. The van der Waals surface area contributed by atoms with Gasteiger partial charge in [0, 0.05) is 25.6 Å². The second-order valence-electron chi connectivity index (χ2n) is 8.69. The Labute approximate surface area is 200 Å². The van der Waals surface area contributed by atoms with Crippen LogP contribution in [0.3, 0.4) is 0 Å². The number of fused-ring (bicyclic) bond motifs is 1. The van der Waals surface area contributed by atoms with Crippen molar-refractivity contribution < 1.29 is 19.2 Å². The Kier molecular flexibility index (Phi) is 9.11. The van der Waals surface area contributed by atoms with Gasteiger partial charge < -0.3 is 15.5 Å². The van der Waals surface area contributed by atoms with E-state index >= 15 is 0 Å². The van der Waals surface area contributed by atoms with Crippen molar-refractivity contribution in [1.82, 2.24) is 15.1 Å². The standard InChI is InChI=1S/C24H33ClN4O4/c1-2-14-26-21(30)13-7-8-15-28-23(32)17-9-3-6-12-20(17)29(24(28)33)16-22(31)27-19-11-5-4-10-18(19)25/h4-5,10-11,17,20H,2-3,6-9,12-16H2,1H3,(H,26,30)(H,27,31). The van der Waals surface area contributed by atoms with Crippen LogP contribution in [-0.4, -0.2) is 59.2 Å². The van der Waals surface area contributed by atoms with E-state index in [1.54, 1.807) is 29.2 Å². The van der Waals surface area contributed by atoms with Crippen molar-refractivity contribution in [2.45, 2.75) is 64.3 Å². The number of imide groups is 1. The molecule has 180 valence electrons. The smallest absolute Gasteiger partial charge is 0.327 e. The molecule has 0 spiro atoms. The molecule has 3 rings (SSSR count). The van der Waals surface area contributed by atoms with Crippen molar-refractivity contribution in [3.05, 3.63) is 29.3 Å². The van der Waals surface area contributed by atoms with E-state index in [4.69, 9.17) is 11.6 Å². The predicted molar refractivity (Wildman–Crippen MR) is 127 cm³/mol. The monoisotopic (exact) mass is 476 g/mol. The van der Waals surface area contributed by atoms with Crippen LogP contribution in [-0.2, 0) is 14.4 Å². The fourth-order valence-corrected chi connectivity index (χ4v) is 4.75. The summed E-state index contributed by atoms with van der Waals surface area (Å²) in [6.07, 6.45) is 5.69. The number of nitrogens with one attached hydrogen (secondary N) is 2. The summed E-state index contributed by atoms with van der Waals surface area (Å²) >= 11 is 6.14. The van der Waals surface area contributed by atoms with E-state index in [0.29, 0.717) is 42.9 Å². The minimum absolute atomic E-state index is 0.0154. The number of urea groups is 1. The number of hydrogen-bond donors (Lipinski definition) is 2. The third-order valence-corrected chi connectivity index (χ3v) is 6.59. The van der Waals surface area contributed by atoms with E-state index in [1.165, 1.54) is 4.90 Å². The lowest BCUT2D eigenvalue weighted by Gasteiger charge is -2.46. The molecule has 33 heavy (non-hydrogen) atoms. The van der Waals surface area contributed by atoms with E-state index in [2.05, 4.69) is 10.6 Å². The molecule has 0 radical (unpaired) electrons. The molecule has 1 saturated carbocycles. The van der Waals surface area contributed by atoms with Crippen molar-refractivity contribution in [3.63, 3.8) is 0 Å². The lowest BCUT2D eigenvalue weighted by molar-refractivity contribution is -0.141. The van der Waals surface area contributed by atoms with Crippen LogP contribution in [0.1, 0.15) is 58.3 Å². The third kappa shape index (κ3) is 6.47. The van der Waals surface area contributed by atoms with Gasteiger partial charge in [-0.3, -0.25) is 19.3 Å². The average molecular weight is 477 g/mol. The molecule has 2 fully saturated rings. The molecule has 1 saturated heterocycles. The number of carbonyl (C=O) groups excluding carboxylic acids is 4. The van der Waals surface area contributed by atoms with Crippen LogP contribution in [0.4, 0.5) is 10.5 Å². The summed E-state index contributed by atoms with van der Waals surface area (Å²) in [7, 11) is 0. The number of unbranched alkanes of at least 4 members (excludes halogenated alkanes) is 1. The molecule has 0 aromatic heterocycles. The minimum atomic E-state index is -0.423. The van der Waals surface area contributed by atoms with Gasteiger partial charge >= 0.3 is 6.03 Å². The number of amides is 5. The number of carbonyl (C=O) groups is 4. The normalized spacial score (nSPS) is 20.4. The van der Waals surface area contributed by atoms with Crippen LogP contribution >= 0.6 is 11.6 Å². The summed E-state index contributed by atoms with van der Waals surface area (Å²) in [4.78, 5) is 53.7. The molecule has 0 bridgehead atoms. The van der Waals surface area contributed by atoms with Crippen molar-refractivity contribution in [2.75, 3.05) is 25.0 Å². The number of nitrogens with zero attached hydrogens (tertiary/aromatic N) is 2. The van der Waals surface area contributed by atoms with Crippen molar-refractivity contribution in [1.29, 1.82) is 0 Å². The highest BCUT2D eigenvalue weighted by Gasteiger charge is 2.47. The molecule has 1 aromatic rings. The van der Waals surface area contributed by atoms with Crippen LogP contribution in [0.5, 0.6) is 0 Å². The molecule has 1 heterocycles. The van der Waals surface area contributed by atoms with Crippen molar-refractivity contribution in [2.24, 2.45) is 5.92 Å². The Hall–Kier alpha value is -2.61. The maximum Gasteiger partial charge on any atom is 0.327 e. The maximum atomic E-state index is 13.3. The largest absolute Gasteiger partial charge is 0.356 e. The van der Waals surface area contributed by atoms with Crippen molar-refractivity contribution in [3.8, 4) is 0 Å². The summed E-state index contributed by atoms with van der Waals surface area (Å²) < 4.78 is 0. The van der Waals surface area contributed by atoms with Gasteiger partial charge in [0.2, 0.25) is 17.7 Å². The first-order valence-electron chi connectivity index (χ1n) is 11.9. The first kappa shape index (κ1) is 25.0. The molecule has 8 nitrogen and oxygen atoms in total. The van der Waals surface area contributed by atoms with Gasteiger partial charge in [-0.15, -0.1) is 0 Å². The molecule has 1 aliphatic heterocycles. The number of hydrogen-bond acceptors (Lipinski definition) is 4. The fraction of sp³-hybridized carbons (Fsp3) is 0.583. The summed E-state index contributed by atoms with van der Waals surface area (Å²) in [5.74, 6) is -0.790. The highest BCUT2D eigenvalue weighted by molar-refractivity contribution is 6.33. The summed E-state index contributed by atoms with van der Waals surface area (Å²) in [6.45, 7) is 2.77. The van der Waals surface area contributed by atoms with Gasteiger partial charge in [0.1, 0.15) is 6.54 Å². The van der Waals surface area contributed by atoms with Gasteiger partial charge in [0.15, 0.2) is 0 Å². The number of benzene rings is 1. The van der Waals surface area contributed by atoms with Crippen molar-refractivity contribution >= 4 is 41.0 Å². The van der Waals surface area contributed by atoms with E-state index in [9.17, 15) is 19.2 Å². The van der Waals surface area contributed by atoms with Crippen LogP contribution < -0.4 is 10.6 Å². The first-order chi connectivity index (χ1) is 15.9. The Bertz CT molecular complexity index is 878. The Balaban J connectivity index is 1.63. The van der Waals surface area contributed by atoms with E-state index in [0.717, 1.165) is 25.7 Å². The average Bonchev–Trinajstić information content (AvgIpc) is 2.81. The third-order valence-electron chi connectivity index (χ3n) is 6.26. The highest BCUT2D eigenvalue weighted by atomic mass is 35.5. The lowest BCUT2D eigenvalue weighted by atomic mass is 9.81. The number of halogens is 1. The quantitative estimate of drug-likeness (QED) is 0.502. The lowest BCUT2D eigenvalue weighted by Crippen LogP contribution is -2.63. The zero-order valence-electron chi connectivity index (χ0n) is 19.1. The molecule has 5 amide bonds. The van der Waals surface area contributed by atoms with Gasteiger partial charge in [-0.1, -0.05) is 43.5 Å². The SMILES string of the molecule is CCCNC(=O)CCCCN1C(=O)C2CCCCC2N(CC(=O)Nc2ccccc2Cl)C1=O. The summed E-state index contributed by atoms with van der Waals surface area (Å²) in [6, 6.07) is 6.25. The van der Waals surface area contributed by atoms with Crippen LogP contribution in [0.25, 0.3) is 0 Å². The zero-order chi connectivity index (χ0) is 23.8. The Morgan fingerprint density at radius 3 is 2.61 bits per heavy atom.